The Morgan fingerprint density at radius 2 is 2.10 bits per heavy atom. The Balaban J connectivity index is 1.84. The Hall–Kier alpha value is -2.63. The number of carbonyl (C=O) groups is 1. The third kappa shape index (κ3) is 2.65. The quantitative estimate of drug-likeness (QED) is 0.927. The van der Waals surface area contributed by atoms with Crippen molar-refractivity contribution in [1.29, 1.82) is 0 Å². The number of aromatic carboxylic acids is 1. The highest BCUT2D eigenvalue weighted by Gasteiger charge is 2.21. The first kappa shape index (κ1) is 13.4. The van der Waals surface area contributed by atoms with Crippen LogP contribution in [0.4, 0.5) is 5.82 Å². The average Bonchev–Trinajstić information content (AvgIpc) is 2.91. The van der Waals surface area contributed by atoms with E-state index in [2.05, 4.69) is 14.9 Å². The molecular formula is C15H15N3O3. The molecule has 0 saturated carbocycles. The van der Waals surface area contributed by atoms with Gasteiger partial charge in [-0.25, -0.2) is 14.8 Å². The maximum atomic E-state index is 11.0. The standard InChI is InChI=1S/C15H15N3O3/c1-2-21-14-6-13(16-9-17-14)18-7-11-4-3-10(15(19)20)5-12(11)8-18/h3-6,9H,2,7-8H2,1H3,(H,19,20). The molecule has 0 aliphatic carbocycles. The summed E-state index contributed by atoms with van der Waals surface area (Å²) in [6.07, 6.45) is 1.48. The van der Waals surface area contributed by atoms with E-state index in [0.717, 1.165) is 16.9 Å². The van der Waals surface area contributed by atoms with Crippen LogP contribution in [0.2, 0.25) is 0 Å². The predicted octanol–water partition coefficient (Wildman–Crippen LogP) is 2.09. The fraction of sp³-hybridized carbons (Fsp3) is 0.267. The second-order valence-electron chi connectivity index (χ2n) is 4.79. The first-order valence-corrected chi connectivity index (χ1v) is 6.72. The summed E-state index contributed by atoms with van der Waals surface area (Å²) >= 11 is 0. The van der Waals surface area contributed by atoms with Crippen molar-refractivity contribution < 1.29 is 14.6 Å². The van der Waals surface area contributed by atoms with E-state index < -0.39 is 5.97 Å². The summed E-state index contributed by atoms with van der Waals surface area (Å²) in [4.78, 5) is 21.4. The summed E-state index contributed by atoms with van der Waals surface area (Å²) in [6.45, 7) is 3.80. The fourth-order valence-electron chi connectivity index (χ4n) is 2.42. The van der Waals surface area contributed by atoms with E-state index in [1.807, 2.05) is 13.0 Å². The zero-order valence-electron chi connectivity index (χ0n) is 11.6. The van der Waals surface area contributed by atoms with Gasteiger partial charge in [-0.1, -0.05) is 6.07 Å². The van der Waals surface area contributed by atoms with Crippen molar-refractivity contribution in [2.24, 2.45) is 0 Å². The summed E-state index contributed by atoms with van der Waals surface area (Å²) in [6, 6.07) is 7.02. The molecule has 0 spiro atoms. The van der Waals surface area contributed by atoms with Crippen molar-refractivity contribution >= 4 is 11.8 Å². The van der Waals surface area contributed by atoms with Crippen LogP contribution in [-0.2, 0) is 13.1 Å². The van der Waals surface area contributed by atoms with E-state index in [1.54, 1.807) is 18.2 Å². The summed E-state index contributed by atoms with van der Waals surface area (Å²) in [5.74, 6) is 0.420. The Morgan fingerprint density at radius 1 is 1.29 bits per heavy atom. The van der Waals surface area contributed by atoms with Crippen LogP contribution in [0.1, 0.15) is 28.4 Å². The van der Waals surface area contributed by atoms with Gasteiger partial charge in [-0.3, -0.25) is 0 Å². The number of rotatable bonds is 4. The smallest absolute Gasteiger partial charge is 0.335 e. The summed E-state index contributed by atoms with van der Waals surface area (Å²) < 4.78 is 5.38. The highest BCUT2D eigenvalue weighted by molar-refractivity contribution is 5.88. The Bertz CT molecular complexity index is 688. The van der Waals surface area contributed by atoms with E-state index in [0.29, 0.717) is 31.1 Å². The maximum Gasteiger partial charge on any atom is 0.335 e. The molecule has 1 aromatic heterocycles. The van der Waals surface area contributed by atoms with E-state index in [9.17, 15) is 4.79 Å². The summed E-state index contributed by atoms with van der Waals surface area (Å²) in [5, 5.41) is 9.04. The normalized spacial score (nSPS) is 13.1. The molecule has 1 N–H and O–H groups in total. The van der Waals surface area contributed by atoms with Gasteiger partial charge in [-0.05, 0) is 30.2 Å². The molecule has 1 aliphatic heterocycles. The first-order valence-electron chi connectivity index (χ1n) is 6.72. The van der Waals surface area contributed by atoms with Gasteiger partial charge in [0, 0.05) is 19.2 Å². The van der Waals surface area contributed by atoms with E-state index in [4.69, 9.17) is 9.84 Å². The number of anilines is 1. The molecule has 108 valence electrons. The molecule has 0 saturated heterocycles. The van der Waals surface area contributed by atoms with Gasteiger partial charge in [0.2, 0.25) is 5.88 Å². The molecule has 1 aliphatic rings. The van der Waals surface area contributed by atoms with Crippen molar-refractivity contribution in [2.45, 2.75) is 20.0 Å². The number of carboxylic acid groups (broad SMARTS) is 1. The van der Waals surface area contributed by atoms with Gasteiger partial charge in [-0.2, -0.15) is 0 Å². The topological polar surface area (TPSA) is 75.5 Å². The Kier molecular flexibility index (Phi) is 3.43. The van der Waals surface area contributed by atoms with Gasteiger partial charge in [0.15, 0.2) is 0 Å². The lowest BCUT2D eigenvalue weighted by atomic mass is 10.1. The molecule has 0 fully saturated rings. The van der Waals surface area contributed by atoms with Crippen LogP contribution in [0.15, 0.2) is 30.6 Å². The number of carboxylic acids is 1. The molecule has 2 aromatic rings. The lowest BCUT2D eigenvalue weighted by Gasteiger charge is -2.16. The minimum absolute atomic E-state index is 0.313. The van der Waals surface area contributed by atoms with Crippen LogP contribution >= 0.6 is 0 Å². The zero-order chi connectivity index (χ0) is 14.8. The van der Waals surface area contributed by atoms with Crippen LogP contribution in [0.5, 0.6) is 5.88 Å². The van der Waals surface area contributed by atoms with Crippen molar-refractivity contribution in [2.75, 3.05) is 11.5 Å². The van der Waals surface area contributed by atoms with Crippen LogP contribution in [0.25, 0.3) is 0 Å². The molecule has 1 aromatic carbocycles. The van der Waals surface area contributed by atoms with E-state index in [1.165, 1.54) is 6.33 Å². The summed E-state index contributed by atoms with van der Waals surface area (Å²) in [7, 11) is 0. The number of fused-ring (bicyclic) bond motifs is 1. The largest absolute Gasteiger partial charge is 0.478 e. The molecule has 2 heterocycles. The minimum Gasteiger partial charge on any atom is -0.478 e. The molecule has 21 heavy (non-hydrogen) atoms. The predicted molar refractivity (Wildman–Crippen MR) is 76.5 cm³/mol. The number of hydrogen-bond acceptors (Lipinski definition) is 5. The lowest BCUT2D eigenvalue weighted by Crippen LogP contribution is -2.16. The molecule has 0 unspecified atom stereocenters. The van der Waals surface area contributed by atoms with Crippen LogP contribution in [0.3, 0.4) is 0 Å². The van der Waals surface area contributed by atoms with Gasteiger partial charge in [0.05, 0.1) is 12.2 Å². The molecular weight excluding hydrogens is 270 g/mol. The van der Waals surface area contributed by atoms with Gasteiger partial charge in [0.1, 0.15) is 12.1 Å². The monoisotopic (exact) mass is 285 g/mol. The average molecular weight is 285 g/mol. The molecule has 0 radical (unpaired) electrons. The molecule has 0 amide bonds. The van der Waals surface area contributed by atoms with Gasteiger partial charge in [0.25, 0.3) is 0 Å². The number of aromatic nitrogens is 2. The van der Waals surface area contributed by atoms with E-state index in [-0.39, 0.29) is 0 Å². The van der Waals surface area contributed by atoms with Crippen molar-refractivity contribution in [3.63, 3.8) is 0 Å². The Labute approximate surface area is 122 Å². The zero-order valence-corrected chi connectivity index (χ0v) is 11.6. The molecule has 3 rings (SSSR count). The third-order valence-electron chi connectivity index (χ3n) is 3.42. The fourth-order valence-corrected chi connectivity index (χ4v) is 2.42. The SMILES string of the molecule is CCOc1cc(N2Cc3ccc(C(=O)O)cc3C2)ncn1. The molecule has 0 bridgehead atoms. The second kappa shape index (κ2) is 5.40. The molecule has 0 atom stereocenters. The van der Waals surface area contributed by atoms with Gasteiger partial charge < -0.3 is 14.7 Å². The number of ether oxygens (including phenoxy) is 1. The van der Waals surface area contributed by atoms with Crippen LogP contribution in [-0.4, -0.2) is 27.7 Å². The van der Waals surface area contributed by atoms with Crippen LogP contribution < -0.4 is 9.64 Å². The van der Waals surface area contributed by atoms with Crippen molar-refractivity contribution in [3.8, 4) is 5.88 Å². The van der Waals surface area contributed by atoms with Crippen LogP contribution in [0, 0.1) is 0 Å². The maximum absolute atomic E-state index is 11.0. The molecule has 6 heteroatoms. The van der Waals surface area contributed by atoms with Crippen molar-refractivity contribution in [1.82, 2.24) is 9.97 Å². The van der Waals surface area contributed by atoms with Gasteiger partial charge >= 0.3 is 5.97 Å². The van der Waals surface area contributed by atoms with E-state index >= 15 is 0 Å². The highest BCUT2D eigenvalue weighted by Crippen LogP contribution is 2.28. The number of hydrogen-bond donors (Lipinski definition) is 1. The molecule has 6 nitrogen and oxygen atoms in total. The minimum atomic E-state index is -0.906. The first-order chi connectivity index (χ1) is 10.2. The lowest BCUT2D eigenvalue weighted by molar-refractivity contribution is 0.0697. The highest BCUT2D eigenvalue weighted by atomic mass is 16.5. The number of nitrogens with zero attached hydrogens (tertiary/aromatic N) is 3. The van der Waals surface area contributed by atoms with Crippen molar-refractivity contribution in [3.05, 3.63) is 47.3 Å². The second-order valence-corrected chi connectivity index (χ2v) is 4.79. The third-order valence-corrected chi connectivity index (χ3v) is 3.42. The van der Waals surface area contributed by atoms with Gasteiger partial charge in [-0.15, -0.1) is 0 Å². The number of benzene rings is 1. The Morgan fingerprint density at radius 3 is 2.86 bits per heavy atom. The summed E-state index contributed by atoms with van der Waals surface area (Å²) in [5.41, 5.74) is 2.45.